The molecule has 0 aromatic rings. The molecule has 0 aliphatic rings. The maximum atomic E-state index is 5.21. The van der Waals surface area contributed by atoms with E-state index in [1.54, 1.807) is 6.21 Å². The highest BCUT2D eigenvalue weighted by molar-refractivity contribution is 7.80. The topological polar surface area (TPSA) is 50.4 Å². The Labute approximate surface area is 85.1 Å². The van der Waals surface area contributed by atoms with Gasteiger partial charge in [-0.25, -0.2) is 0 Å². The van der Waals surface area contributed by atoms with Crippen molar-refractivity contribution >= 4 is 23.5 Å². The number of allylic oxidation sites excluding steroid dienone is 2. The van der Waals surface area contributed by atoms with Crippen LogP contribution in [-0.2, 0) is 0 Å². The summed E-state index contributed by atoms with van der Waals surface area (Å²) in [6.45, 7) is 4.24. The molecule has 0 radical (unpaired) electrons. The molecule has 0 fully saturated rings. The van der Waals surface area contributed by atoms with E-state index in [4.69, 9.17) is 5.73 Å². The normalized spacial score (nSPS) is 12.0. The smallest absolute Gasteiger partial charge is 0.184 e. The van der Waals surface area contributed by atoms with Crippen LogP contribution >= 0.6 is 12.2 Å². The number of nitrogens with one attached hydrogen (secondary N) is 1. The third-order valence-corrected chi connectivity index (χ3v) is 1.60. The SMILES string of the molecule is CCC/C=C(\C=N\NC(N)=S)CC. The summed E-state index contributed by atoms with van der Waals surface area (Å²) in [5.41, 5.74) is 8.93. The van der Waals surface area contributed by atoms with Crippen molar-refractivity contribution in [3.8, 4) is 0 Å². The van der Waals surface area contributed by atoms with Gasteiger partial charge in [0.15, 0.2) is 5.11 Å². The molecule has 0 unspecified atom stereocenters. The van der Waals surface area contributed by atoms with E-state index in [1.807, 2.05) is 0 Å². The second kappa shape index (κ2) is 7.73. The number of hydrazone groups is 1. The Morgan fingerprint density at radius 3 is 2.69 bits per heavy atom. The van der Waals surface area contributed by atoms with Gasteiger partial charge < -0.3 is 5.73 Å². The summed E-state index contributed by atoms with van der Waals surface area (Å²) in [4.78, 5) is 0. The zero-order valence-corrected chi connectivity index (χ0v) is 9.03. The molecule has 0 aliphatic heterocycles. The number of hydrogen-bond acceptors (Lipinski definition) is 2. The van der Waals surface area contributed by atoms with Crippen LogP contribution in [0.25, 0.3) is 0 Å². The molecule has 0 amide bonds. The molecule has 13 heavy (non-hydrogen) atoms. The number of unbranched alkanes of at least 4 members (excludes halogenated alkanes) is 1. The van der Waals surface area contributed by atoms with Crippen LogP contribution in [0.2, 0.25) is 0 Å². The number of nitrogens with zero attached hydrogens (tertiary/aromatic N) is 1. The van der Waals surface area contributed by atoms with Gasteiger partial charge in [-0.3, -0.25) is 5.43 Å². The zero-order chi connectivity index (χ0) is 10.1. The van der Waals surface area contributed by atoms with Gasteiger partial charge in [0.05, 0.1) is 6.21 Å². The quantitative estimate of drug-likeness (QED) is 0.404. The van der Waals surface area contributed by atoms with E-state index in [1.165, 1.54) is 5.57 Å². The van der Waals surface area contributed by atoms with E-state index in [0.717, 1.165) is 19.3 Å². The Morgan fingerprint density at radius 2 is 2.23 bits per heavy atom. The fourth-order valence-electron chi connectivity index (χ4n) is 0.797. The van der Waals surface area contributed by atoms with Gasteiger partial charge in [0, 0.05) is 0 Å². The molecule has 3 N–H and O–H groups in total. The summed E-state index contributed by atoms with van der Waals surface area (Å²) in [5, 5.41) is 4.08. The lowest BCUT2D eigenvalue weighted by Gasteiger charge is -1.97. The van der Waals surface area contributed by atoms with Crippen LogP contribution in [0, 0.1) is 0 Å². The third kappa shape index (κ3) is 7.46. The molecule has 4 heteroatoms. The molecule has 0 bridgehead atoms. The Morgan fingerprint density at radius 1 is 1.54 bits per heavy atom. The average Bonchev–Trinajstić information content (AvgIpc) is 2.10. The summed E-state index contributed by atoms with van der Waals surface area (Å²) >= 11 is 4.60. The summed E-state index contributed by atoms with van der Waals surface area (Å²) in [7, 11) is 0. The van der Waals surface area contributed by atoms with E-state index in [2.05, 4.69) is 42.7 Å². The van der Waals surface area contributed by atoms with Crippen LogP contribution < -0.4 is 11.2 Å². The molecule has 0 aromatic carbocycles. The zero-order valence-electron chi connectivity index (χ0n) is 8.21. The van der Waals surface area contributed by atoms with Crippen molar-refractivity contribution < 1.29 is 0 Å². The van der Waals surface area contributed by atoms with Gasteiger partial charge in [0.2, 0.25) is 0 Å². The monoisotopic (exact) mass is 199 g/mol. The van der Waals surface area contributed by atoms with Crippen LogP contribution in [0.4, 0.5) is 0 Å². The summed E-state index contributed by atoms with van der Waals surface area (Å²) in [5.74, 6) is 0. The lowest BCUT2D eigenvalue weighted by Crippen LogP contribution is -2.24. The van der Waals surface area contributed by atoms with E-state index in [-0.39, 0.29) is 5.11 Å². The van der Waals surface area contributed by atoms with Crippen molar-refractivity contribution in [3.05, 3.63) is 11.6 Å². The largest absolute Gasteiger partial charge is 0.375 e. The van der Waals surface area contributed by atoms with Crippen LogP contribution in [0.5, 0.6) is 0 Å². The predicted octanol–water partition coefficient (Wildman–Crippen LogP) is 1.94. The Balaban J connectivity index is 3.96. The molecule has 0 spiro atoms. The van der Waals surface area contributed by atoms with Crippen LogP contribution in [0.1, 0.15) is 33.1 Å². The molecule has 0 atom stereocenters. The fourth-order valence-corrected chi connectivity index (χ4v) is 0.850. The fraction of sp³-hybridized carbons (Fsp3) is 0.556. The van der Waals surface area contributed by atoms with Gasteiger partial charge >= 0.3 is 0 Å². The summed E-state index contributed by atoms with van der Waals surface area (Å²) in [6.07, 6.45) is 7.14. The van der Waals surface area contributed by atoms with E-state index in [0.29, 0.717) is 0 Å². The predicted molar refractivity (Wildman–Crippen MR) is 61.7 cm³/mol. The van der Waals surface area contributed by atoms with Crippen molar-refractivity contribution in [2.75, 3.05) is 0 Å². The van der Waals surface area contributed by atoms with Crippen molar-refractivity contribution in [1.29, 1.82) is 0 Å². The molecule has 0 rings (SSSR count). The minimum absolute atomic E-state index is 0.196. The first-order chi connectivity index (χ1) is 6.20. The van der Waals surface area contributed by atoms with Crippen molar-refractivity contribution in [2.45, 2.75) is 33.1 Å². The van der Waals surface area contributed by atoms with Crippen molar-refractivity contribution in [1.82, 2.24) is 5.43 Å². The maximum absolute atomic E-state index is 5.21. The Hall–Kier alpha value is -0.900. The van der Waals surface area contributed by atoms with E-state index in [9.17, 15) is 0 Å². The van der Waals surface area contributed by atoms with Gasteiger partial charge in [-0.1, -0.05) is 26.3 Å². The minimum atomic E-state index is 0.196. The maximum Gasteiger partial charge on any atom is 0.184 e. The molecular formula is C9H17N3S. The van der Waals surface area contributed by atoms with Gasteiger partial charge in [0.1, 0.15) is 0 Å². The van der Waals surface area contributed by atoms with Crippen LogP contribution in [0.3, 0.4) is 0 Å². The molecule has 0 saturated heterocycles. The molecule has 0 heterocycles. The lowest BCUT2D eigenvalue weighted by atomic mass is 10.2. The van der Waals surface area contributed by atoms with Crippen molar-refractivity contribution in [3.63, 3.8) is 0 Å². The van der Waals surface area contributed by atoms with Crippen LogP contribution in [0.15, 0.2) is 16.8 Å². The van der Waals surface area contributed by atoms with Gasteiger partial charge in [0.25, 0.3) is 0 Å². The first-order valence-electron chi connectivity index (χ1n) is 4.48. The molecule has 74 valence electrons. The second-order valence-corrected chi connectivity index (χ2v) is 3.10. The molecule has 0 aliphatic carbocycles. The Bertz CT molecular complexity index is 209. The van der Waals surface area contributed by atoms with Gasteiger partial charge in [-0.2, -0.15) is 5.10 Å². The molecule has 0 aromatic heterocycles. The van der Waals surface area contributed by atoms with Crippen molar-refractivity contribution in [2.24, 2.45) is 10.8 Å². The van der Waals surface area contributed by atoms with Gasteiger partial charge in [-0.05, 0) is 30.6 Å². The lowest BCUT2D eigenvalue weighted by molar-refractivity contribution is 0.944. The second-order valence-electron chi connectivity index (χ2n) is 2.66. The first-order valence-corrected chi connectivity index (χ1v) is 4.89. The summed E-state index contributed by atoms with van der Waals surface area (Å²) < 4.78 is 0. The number of rotatable bonds is 5. The van der Waals surface area contributed by atoms with Crippen LogP contribution in [-0.4, -0.2) is 11.3 Å². The Kier molecular flexibility index (Phi) is 7.20. The number of thiocarbonyl (C=S) groups is 1. The number of nitrogens with two attached hydrogens (primary N) is 1. The van der Waals surface area contributed by atoms with Gasteiger partial charge in [-0.15, -0.1) is 0 Å². The average molecular weight is 199 g/mol. The molecule has 3 nitrogen and oxygen atoms in total. The summed E-state index contributed by atoms with van der Waals surface area (Å²) in [6, 6.07) is 0. The van der Waals surface area contributed by atoms with E-state index < -0.39 is 0 Å². The highest BCUT2D eigenvalue weighted by Crippen LogP contribution is 2.00. The highest BCUT2D eigenvalue weighted by atomic mass is 32.1. The van der Waals surface area contributed by atoms with E-state index >= 15 is 0 Å². The number of hydrogen-bond donors (Lipinski definition) is 2. The molecule has 0 saturated carbocycles. The molecular weight excluding hydrogens is 182 g/mol. The first kappa shape index (κ1) is 12.1. The third-order valence-electron chi connectivity index (χ3n) is 1.51. The minimum Gasteiger partial charge on any atom is -0.375 e. The highest BCUT2D eigenvalue weighted by Gasteiger charge is 1.88. The standard InChI is InChI=1S/C9H17N3S/c1-3-5-6-8(4-2)7-11-12-9(10)13/h6-7H,3-5H2,1-2H3,(H3,10,12,13)/b8-6-,11-7+.